The maximum Gasteiger partial charge on any atom is 0.433 e. The minimum Gasteiger partial charge on any atom is -0.330 e. The Labute approximate surface area is 165 Å². The molecular weight excluding hydrogens is 383 g/mol. The molecule has 4 rings (SSSR count). The second-order valence-corrected chi connectivity index (χ2v) is 7.46. The third-order valence-electron chi connectivity index (χ3n) is 5.11. The van der Waals surface area contributed by atoms with E-state index in [9.17, 15) is 18.0 Å². The van der Waals surface area contributed by atoms with Crippen molar-refractivity contribution in [2.24, 2.45) is 0 Å². The molecular formula is C20H20F3N5O. The molecule has 1 aliphatic heterocycles. The van der Waals surface area contributed by atoms with Gasteiger partial charge in [-0.25, -0.2) is 9.50 Å². The Morgan fingerprint density at radius 2 is 2.07 bits per heavy atom. The molecule has 6 nitrogen and oxygen atoms in total. The van der Waals surface area contributed by atoms with Crippen molar-refractivity contribution in [3.8, 4) is 0 Å². The van der Waals surface area contributed by atoms with Crippen LogP contribution in [0.1, 0.15) is 66.1 Å². The van der Waals surface area contributed by atoms with Gasteiger partial charge in [-0.3, -0.25) is 9.78 Å². The van der Waals surface area contributed by atoms with Crippen LogP contribution in [0.3, 0.4) is 0 Å². The summed E-state index contributed by atoms with van der Waals surface area (Å²) in [4.78, 5) is 22.8. The van der Waals surface area contributed by atoms with Gasteiger partial charge in [-0.1, -0.05) is 13.8 Å². The first kappa shape index (κ1) is 19.4. The molecule has 1 aliphatic rings. The van der Waals surface area contributed by atoms with E-state index in [0.717, 1.165) is 17.0 Å². The molecule has 4 heterocycles. The number of carbonyl (C=O) groups excluding carboxylic acids is 1. The van der Waals surface area contributed by atoms with Crippen LogP contribution in [0, 0.1) is 0 Å². The molecule has 152 valence electrons. The molecule has 1 amide bonds. The summed E-state index contributed by atoms with van der Waals surface area (Å²) >= 11 is 0. The standard InChI is InChI=1S/C20H20F3N5O/c1-12(2)14-9-17(20(21,22)23)28-18(25-14)10-15(26-28)16-6-4-8-27(16)19(29)13-5-3-7-24-11-13/h3,5,7,9-12,16H,4,6,8H2,1-2H3/t16-/m0/s1. The van der Waals surface area contributed by atoms with Crippen LogP contribution in [0.15, 0.2) is 36.7 Å². The number of hydrogen-bond donors (Lipinski definition) is 0. The van der Waals surface area contributed by atoms with Crippen LogP contribution in [0.4, 0.5) is 13.2 Å². The van der Waals surface area contributed by atoms with E-state index < -0.39 is 17.9 Å². The zero-order valence-electron chi connectivity index (χ0n) is 16.0. The van der Waals surface area contributed by atoms with E-state index in [4.69, 9.17) is 0 Å². The third kappa shape index (κ3) is 3.56. The highest BCUT2D eigenvalue weighted by Gasteiger charge is 2.37. The summed E-state index contributed by atoms with van der Waals surface area (Å²) in [6.07, 6.45) is -0.110. The SMILES string of the molecule is CC(C)c1cc(C(F)(F)F)n2nc([C@@H]3CCCN3C(=O)c3cccnc3)cc2n1. The molecule has 1 saturated heterocycles. The Balaban J connectivity index is 1.76. The fraction of sp³-hybridized carbons (Fsp3) is 0.400. The lowest BCUT2D eigenvalue weighted by Crippen LogP contribution is -2.30. The van der Waals surface area contributed by atoms with Crippen molar-refractivity contribution in [2.45, 2.75) is 44.8 Å². The lowest BCUT2D eigenvalue weighted by molar-refractivity contribution is -0.142. The molecule has 0 aromatic carbocycles. The summed E-state index contributed by atoms with van der Waals surface area (Å²) in [6.45, 7) is 4.10. The molecule has 1 atom stereocenters. The van der Waals surface area contributed by atoms with Crippen molar-refractivity contribution in [1.82, 2.24) is 24.5 Å². The van der Waals surface area contributed by atoms with Crippen LogP contribution in [0.25, 0.3) is 5.65 Å². The highest BCUT2D eigenvalue weighted by molar-refractivity contribution is 5.94. The average Bonchev–Trinajstić information content (AvgIpc) is 3.32. The summed E-state index contributed by atoms with van der Waals surface area (Å²) in [7, 11) is 0. The first-order valence-corrected chi connectivity index (χ1v) is 9.44. The number of halogens is 3. The second kappa shape index (κ2) is 7.13. The number of aromatic nitrogens is 4. The summed E-state index contributed by atoms with van der Waals surface area (Å²) in [5, 5.41) is 4.21. The van der Waals surface area contributed by atoms with Gasteiger partial charge in [0, 0.05) is 30.7 Å². The summed E-state index contributed by atoms with van der Waals surface area (Å²) in [6, 6.07) is 5.55. The van der Waals surface area contributed by atoms with Crippen molar-refractivity contribution in [3.63, 3.8) is 0 Å². The first-order chi connectivity index (χ1) is 13.8. The molecule has 29 heavy (non-hydrogen) atoms. The zero-order valence-corrected chi connectivity index (χ0v) is 16.0. The molecule has 0 N–H and O–H groups in total. The second-order valence-electron chi connectivity index (χ2n) is 7.46. The van der Waals surface area contributed by atoms with E-state index in [1.165, 1.54) is 6.20 Å². The first-order valence-electron chi connectivity index (χ1n) is 9.44. The van der Waals surface area contributed by atoms with Gasteiger partial charge in [0.15, 0.2) is 5.65 Å². The van der Waals surface area contributed by atoms with Crippen molar-refractivity contribution >= 4 is 11.6 Å². The van der Waals surface area contributed by atoms with Gasteiger partial charge in [0.25, 0.3) is 5.91 Å². The number of pyridine rings is 1. The Bertz CT molecular complexity index is 1050. The lowest BCUT2D eigenvalue weighted by atomic mass is 10.1. The third-order valence-corrected chi connectivity index (χ3v) is 5.11. The number of likely N-dealkylation sites (tertiary alicyclic amines) is 1. The average molecular weight is 403 g/mol. The predicted octanol–water partition coefficient (Wildman–Crippen LogP) is 4.24. The predicted molar refractivity (Wildman–Crippen MR) is 99.3 cm³/mol. The van der Waals surface area contributed by atoms with Gasteiger partial charge in [-0.2, -0.15) is 18.3 Å². The largest absolute Gasteiger partial charge is 0.433 e. The number of amides is 1. The highest BCUT2D eigenvalue weighted by atomic mass is 19.4. The van der Waals surface area contributed by atoms with E-state index in [-0.39, 0.29) is 17.5 Å². The van der Waals surface area contributed by atoms with E-state index in [1.807, 2.05) is 0 Å². The van der Waals surface area contributed by atoms with Gasteiger partial charge >= 0.3 is 6.18 Å². The number of nitrogens with zero attached hydrogens (tertiary/aromatic N) is 5. The number of fused-ring (bicyclic) bond motifs is 1. The lowest BCUT2D eigenvalue weighted by Gasteiger charge is -2.23. The molecule has 0 aliphatic carbocycles. The number of hydrogen-bond acceptors (Lipinski definition) is 4. The van der Waals surface area contributed by atoms with Crippen LogP contribution in [0.2, 0.25) is 0 Å². The Morgan fingerprint density at radius 1 is 1.28 bits per heavy atom. The van der Waals surface area contributed by atoms with Crippen molar-refractivity contribution in [2.75, 3.05) is 6.54 Å². The molecule has 0 bridgehead atoms. The van der Waals surface area contributed by atoms with Crippen LogP contribution < -0.4 is 0 Å². The van der Waals surface area contributed by atoms with Crippen molar-refractivity contribution in [3.05, 3.63) is 59.3 Å². The number of rotatable bonds is 3. The van der Waals surface area contributed by atoms with Crippen molar-refractivity contribution < 1.29 is 18.0 Å². The van der Waals surface area contributed by atoms with Gasteiger partial charge in [0.2, 0.25) is 0 Å². The molecule has 0 saturated carbocycles. The minimum atomic E-state index is -4.56. The van der Waals surface area contributed by atoms with Crippen LogP contribution in [0.5, 0.6) is 0 Å². The quantitative estimate of drug-likeness (QED) is 0.656. The maximum absolute atomic E-state index is 13.6. The van der Waals surface area contributed by atoms with Crippen LogP contribution in [-0.2, 0) is 6.18 Å². The zero-order chi connectivity index (χ0) is 20.8. The molecule has 0 unspecified atom stereocenters. The normalized spacial score (nSPS) is 17.4. The van der Waals surface area contributed by atoms with E-state index >= 15 is 0 Å². The summed E-state index contributed by atoms with van der Waals surface area (Å²) in [5.74, 6) is -0.362. The van der Waals surface area contributed by atoms with E-state index in [2.05, 4.69) is 15.1 Å². The summed E-state index contributed by atoms with van der Waals surface area (Å²) in [5.41, 5.74) is 0.490. The molecule has 3 aromatic heterocycles. The highest BCUT2D eigenvalue weighted by Crippen LogP contribution is 2.35. The van der Waals surface area contributed by atoms with Gasteiger partial charge in [-0.05, 0) is 37.0 Å². The maximum atomic E-state index is 13.6. The molecule has 1 fully saturated rings. The van der Waals surface area contributed by atoms with Gasteiger partial charge in [0.05, 0.1) is 17.3 Å². The van der Waals surface area contributed by atoms with Crippen LogP contribution >= 0.6 is 0 Å². The fourth-order valence-corrected chi connectivity index (χ4v) is 3.64. The van der Waals surface area contributed by atoms with Gasteiger partial charge in [-0.15, -0.1) is 0 Å². The number of carbonyl (C=O) groups is 1. The minimum absolute atomic E-state index is 0.138. The van der Waals surface area contributed by atoms with Crippen LogP contribution in [-0.4, -0.2) is 36.9 Å². The summed E-state index contributed by atoms with van der Waals surface area (Å²) < 4.78 is 41.7. The van der Waals surface area contributed by atoms with Crippen molar-refractivity contribution in [1.29, 1.82) is 0 Å². The molecule has 3 aromatic rings. The Hall–Kier alpha value is -2.97. The Kier molecular flexibility index (Phi) is 4.76. The number of alkyl halides is 3. The fourth-order valence-electron chi connectivity index (χ4n) is 3.64. The van der Waals surface area contributed by atoms with Gasteiger partial charge in [0.1, 0.15) is 5.69 Å². The van der Waals surface area contributed by atoms with E-state index in [0.29, 0.717) is 29.9 Å². The van der Waals surface area contributed by atoms with Gasteiger partial charge < -0.3 is 4.90 Å². The van der Waals surface area contributed by atoms with E-state index in [1.54, 1.807) is 43.1 Å². The smallest absolute Gasteiger partial charge is 0.330 e. The topological polar surface area (TPSA) is 63.4 Å². The molecule has 9 heteroatoms. The molecule has 0 radical (unpaired) electrons. The Morgan fingerprint density at radius 3 is 2.72 bits per heavy atom. The monoisotopic (exact) mass is 403 g/mol. The molecule has 0 spiro atoms.